The van der Waals surface area contributed by atoms with E-state index >= 15 is 0 Å². The summed E-state index contributed by atoms with van der Waals surface area (Å²) in [5.74, 6) is -0.242. The molecule has 0 unspecified atom stereocenters. The van der Waals surface area contributed by atoms with Crippen LogP contribution in [0.25, 0.3) is 0 Å². The minimum atomic E-state index is -0.242. The largest absolute Gasteiger partial charge is 0.348 e. The maximum Gasteiger partial charge on any atom is 0.245 e. The molecule has 15 heavy (non-hydrogen) atoms. The van der Waals surface area contributed by atoms with Crippen LogP contribution in [0.5, 0.6) is 0 Å². The monoisotopic (exact) mass is 204 g/mol. The van der Waals surface area contributed by atoms with E-state index in [9.17, 15) is 9.59 Å². The predicted molar refractivity (Wildman–Crippen MR) is 56.6 cm³/mol. The fourth-order valence-corrected chi connectivity index (χ4v) is 1.01. The molecule has 0 aliphatic carbocycles. The van der Waals surface area contributed by atoms with Gasteiger partial charge in [-0.2, -0.15) is 0 Å². The first-order chi connectivity index (χ1) is 7.33. The summed E-state index contributed by atoms with van der Waals surface area (Å²) in [7, 11) is 0. The Balaban J connectivity index is 2.31. The number of nitrogens with one attached hydrogen (secondary N) is 2. The highest BCUT2D eigenvalue weighted by Crippen LogP contribution is 1.96. The molecule has 1 aromatic carbocycles. The van der Waals surface area contributed by atoms with Crippen molar-refractivity contribution in [3.63, 3.8) is 0 Å². The molecule has 4 heteroatoms. The zero-order chi connectivity index (χ0) is 10.9. The molecule has 0 saturated heterocycles. The molecule has 0 fully saturated rings. The summed E-state index contributed by atoms with van der Waals surface area (Å²) >= 11 is 0. The summed E-state index contributed by atoms with van der Waals surface area (Å²) in [4.78, 5) is 21.0. The number of carbonyl (C=O) groups is 2. The minimum Gasteiger partial charge on any atom is -0.348 e. The van der Waals surface area contributed by atoms with Crippen LogP contribution < -0.4 is 10.6 Å². The summed E-state index contributed by atoms with van der Waals surface area (Å²) in [6, 6.07) is 9.58. The van der Waals surface area contributed by atoms with Crippen LogP contribution >= 0.6 is 0 Å². The Labute approximate surface area is 88.0 Å². The fraction of sp³-hybridized carbons (Fsp3) is 0.0909. The van der Waals surface area contributed by atoms with Gasteiger partial charge in [-0.25, -0.2) is 0 Å². The van der Waals surface area contributed by atoms with Crippen molar-refractivity contribution < 1.29 is 9.59 Å². The molecule has 0 atom stereocenters. The van der Waals surface area contributed by atoms with Crippen LogP contribution in [0.4, 0.5) is 0 Å². The van der Waals surface area contributed by atoms with E-state index in [0.29, 0.717) is 13.0 Å². The van der Waals surface area contributed by atoms with Crippen molar-refractivity contribution in [2.24, 2.45) is 0 Å². The van der Waals surface area contributed by atoms with E-state index in [-0.39, 0.29) is 5.91 Å². The van der Waals surface area contributed by atoms with E-state index in [1.165, 1.54) is 12.3 Å². The standard InChI is InChI=1S/C11H12N2O2/c14-9-12-7-6-11(15)13-8-10-4-2-1-3-5-10/h1-7,9H,8H2,(H,12,14)(H,13,15)/b7-6-. The molecule has 2 amide bonds. The zero-order valence-electron chi connectivity index (χ0n) is 8.14. The van der Waals surface area contributed by atoms with Crippen LogP contribution in [0.3, 0.4) is 0 Å². The molecule has 0 aliphatic rings. The minimum absolute atomic E-state index is 0.242. The topological polar surface area (TPSA) is 58.2 Å². The Morgan fingerprint density at radius 2 is 2.00 bits per heavy atom. The molecule has 78 valence electrons. The van der Waals surface area contributed by atoms with Gasteiger partial charge in [0.15, 0.2) is 0 Å². The van der Waals surface area contributed by atoms with Gasteiger partial charge in [0.25, 0.3) is 0 Å². The highest BCUT2D eigenvalue weighted by Gasteiger charge is 1.94. The summed E-state index contributed by atoms with van der Waals surface area (Å²) in [6.45, 7) is 0.477. The highest BCUT2D eigenvalue weighted by atomic mass is 16.1. The van der Waals surface area contributed by atoms with Crippen molar-refractivity contribution in [2.45, 2.75) is 6.54 Å². The lowest BCUT2D eigenvalue weighted by Gasteiger charge is -2.01. The number of carbonyl (C=O) groups excluding carboxylic acids is 2. The zero-order valence-corrected chi connectivity index (χ0v) is 8.14. The summed E-state index contributed by atoms with van der Waals surface area (Å²) in [5.41, 5.74) is 1.03. The molecular weight excluding hydrogens is 192 g/mol. The van der Waals surface area contributed by atoms with Crippen molar-refractivity contribution in [3.8, 4) is 0 Å². The van der Waals surface area contributed by atoms with Crippen LogP contribution in [-0.2, 0) is 16.1 Å². The molecule has 0 aliphatic heterocycles. The molecule has 0 spiro atoms. The number of hydrogen-bond donors (Lipinski definition) is 2. The number of amides is 2. The lowest BCUT2D eigenvalue weighted by atomic mass is 10.2. The Kier molecular flexibility index (Phi) is 4.66. The third kappa shape index (κ3) is 4.61. The first-order valence-corrected chi connectivity index (χ1v) is 4.51. The first-order valence-electron chi connectivity index (χ1n) is 4.51. The van der Waals surface area contributed by atoms with Crippen molar-refractivity contribution in [1.82, 2.24) is 10.6 Å². The quantitative estimate of drug-likeness (QED) is 0.544. The molecule has 2 N–H and O–H groups in total. The van der Waals surface area contributed by atoms with Gasteiger partial charge in [0.05, 0.1) is 0 Å². The van der Waals surface area contributed by atoms with E-state index < -0.39 is 0 Å². The van der Waals surface area contributed by atoms with Gasteiger partial charge < -0.3 is 10.6 Å². The molecule has 0 bridgehead atoms. The Hall–Kier alpha value is -2.10. The Morgan fingerprint density at radius 1 is 1.27 bits per heavy atom. The van der Waals surface area contributed by atoms with Crippen molar-refractivity contribution in [1.29, 1.82) is 0 Å². The van der Waals surface area contributed by atoms with Crippen LogP contribution in [0.1, 0.15) is 5.56 Å². The van der Waals surface area contributed by atoms with Crippen molar-refractivity contribution in [2.75, 3.05) is 0 Å². The van der Waals surface area contributed by atoms with Gasteiger partial charge in [0.1, 0.15) is 0 Å². The van der Waals surface area contributed by atoms with E-state index in [1.54, 1.807) is 0 Å². The Morgan fingerprint density at radius 3 is 2.67 bits per heavy atom. The molecular formula is C11H12N2O2. The lowest BCUT2D eigenvalue weighted by Crippen LogP contribution is -2.20. The van der Waals surface area contributed by atoms with E-state index in [4.69, 9.17) is 0 Å². The second-order valence-electron chi connectivity index (χ2n) is 2.82. The van der Waals surface area contributed by atoms with Crippen molar-refractivity contribution in [3.05, 3.63) is 48.2 Å². The van der Waals surface area contributed by atoms with Gasteiger partial charge in [-0.3, -0.25) is 9.59 Å². The Bertz CT molecular complexity index is 347. The number of rotatable bonds is 5. The summed E-state index contributed by atoms with van der Waals surface area (Å²) in [6.07, 6.45) is 3.05. The molecule has 0 aromatic heterocycles. The normalized spacial score (nSPS) is 9.87. The van der Waals surface area contributed by atoms with E-state index in [2.05, 4.69) is 10.6 Å². The van der Waals surface area contributed by atoms with E-state index in [1.807, 2.05) is 30.3 Å². The summed E-state index contributed by atoms with van der Waals surface area (Å²) < 4.78 is 0. The molecule has 1 aromatic rings. The summed E-state index contributed by atoms with van der Waals surface area (Å²) in [5, 5.41) is 4.93. The van der Waals surface area contributed by atoms with Crippen LogP contribution in [0, 0.1) is 0 Å². The second kappa shape index (κ2) is 6.37. The molecule has 1 rings (SSSR count). The first kappa shape index (κ1) is 11.0. The van der Waals surface area contributed by atoms with E-state index in [0.717, 1.165) is 5.56 Å². The van der Waals surface area contributed by atoms with Crippen molar-refractivity contribution >= 4 is 12.3 Å². The van der Waals surface area contributed by atoms with Gasteiger partial charge in [-0.15, -0.1) is 0 Å². The number of hydrogen-bond acceptors (Lipinski definition) is 2. The maximum atomic E-state index is 11.1. The van der Waals surface area contributed by atoms with Gasteiger partial charge in [0, 0.05) is 18.8 Å². The predicted octanol–water partition coefficient (Wildman–Crippen LogP) is 0.562. The highest BCUT2D eigenvalue weighted by molar-refractivity contribution is 5.87. The van der Waals surface area contributed by atoms with Crippen LogP contribution in [0.15, 0.2) is 42.6 Å². The average Bonchev–Trinajstić information content (AvgIpc) is 2.28. The third-order valence-electron chi connectivity index (χ3n) is 1.71. The molecule has 0 saturated carbocycles. The van der Waals surface area contributed by atoms with Gasteiger partial charge in [-0.05, 0) is 5.56 Å². The van der Waals surface area contributed by atoms with Crippen LogP contribution in [0.2, 0.25) is 0 Å². The van der Waals surface area contributed by atoms with Gasteiger partial charge in [-0.1, -0.05) is 30.3 Å². The van der Waals surface area contributed by atoms with Gasteiger partial charge >= 0.3 is 0 Å². The lowest BCUT2D eigenvalue weighted by molar-refractivity contribution is -0.116. The molecule has 0 radical (unpaired) electrons. The van der Waals surface area contributed by atoms with Crippen LogP contribution in [-0.4, -0.2) is 12.3 Å². The smallest absolute Gasteiger partial charge is 0.245 e. The van der Waals surface area contributed by atoms with Gasteiger partial charge in [0.2, 0.25) is 12.3 Å². The fourth-order valence-electron chi connectivity index (χ4n) is 1.01. The maximum absolute atomic E-state index is 11.1. The third-order valence-corrected chi connectivity index (χ3v) is 1.71. The average molecular weight is 204 g/mol. The second-order valence-corrected chi connectivity index (χ2v) is 2.82. The molecule has 4 nitrogen and oxygen atoms in total. The number of benzene rings is 1. The molecule has 0 heterocycles. The SMILES string of the molecule is O=CN/C=C\C(=O)NCc1ccccc1.